The minimum atomic E-state index is -1.28. The molecular formula is C20H31ClO12. The molecule has 0 radical (unpaired) electrons. The van der Waals surface area contributed by atoms with Gasteiger partial charge in [0.2, 0.25) is 0 Å². The van der Waals surface area contributed by atoms with E-state index in [1.807, 2.05) is 0 Å². The molecular weight excluding hydrogens is 468 g/mol. The van der Waals surface area contributed by atoms with Gasteiger partial charge >= 0.3 is 23.9 Å². The topological polar surface area (TPSA) is 142 Å². The Bertz CT molecular complexity index is 643. The van der Waals surface area contributed by atoms with Gasteiger partial charge in [-0.05, 0) is 0 Å². The summed E-state index contributed by atoms with van der Waals surface area (Å²) in [5.41, 5.74) is 0. The van der Waals surface area contributed by atoms with Gasteiger partial charge in [0.25, 0.3) is 0 Å². The molecule has 0 aromatic carbocycles. The minimum Gasteiger partial charge on any atom is -0.463 e. The predicted molar refractivity (Wildman–Crippen MR) is 110 cm³/mol. The summed E-state index contributed by atoms with van der Waals surface area (Å²) >= 11 is 5.51. The summed E-state index contributed by atoms with van der Waals surface area (Å²) in [5, 5.41) is 0. The highest BCUT2D eigenvalue weighted by molar-refractivity contribution is 6.17. The van der Waals surface area contributed by atoms with Crippen molar-refractivity contribution in [3.63, 3.8) is 0 Å². The van der Waals surface area contributed by atoms with Crippen molar-refractivity contribution < 1.29 is 57.1 Å². The molecule has 1 heterocycles. The second-order valence-electron chi connectivity index (χ2n) is 6.85. The average molecular weight is 499 g/mol. The maximum Gasteiger partial charge on any atom is 0.303 e. The van der Waals surface area contributed by atoms with Crippen LogP contribution in [-0.2, 0) is 57.1 Å². The summed E-state index contributed by atoms with van der Waals surface area (Å²) in [7, 11) is 0. The Morgan fingerprint density at radius 2 is 1.21 bits per heavy atom. The van der Waals surface area contributed by atoms with Crippen molar-refractivity contribution in [1.29, 1.82) is 0 Å². The van der Waals surface area contributed by atoms with Crippen LogP contribution in [0.5, 0.6) is 0 Å². The lowest BCUT2D eigenvalue weighted by Gasteiger charge is -2.44. The van der Waals surface area contributed by atoms with Crippen LogP contribution in [0.15, 0.2) is 0 Å². The number of esters is 4. The Morgan fingerprint density at radius 1 is 0.697 bits per heavy atom. The van der Waals surface area contributed by atoms with Crippen LogP contribution in [0, 0.1) is 0 Å². The molecule has 0 aromatic rings. The predicted octanol–water partition coefficient (Wildman–Crippen LogP) is 0.358. The average Bonchev–Trinajstić information content (AvgIpc) is 2.71. The fraction of sp³-hybridized carbons (Fsp3) is 0.800. The number of alkyl halides is 1. The lowest BCUT2D eigenvalue weighted by Crippen LogP contribution is -2.63. The molecule has 1 rings (SSSR count). The van der Waals surface area contributed by atoms with Crippen LogP contribution in [0.4, 0.5) is 0 Å². The van der Waals surface area contributed by atoms with Crippen LogP contribution in [0.25, 0.3) is 0 Å². The van der Waals surface area contributed by atoms with Crippen LogP contribution >= 0.6 is 11.6 Å². The van der Waals surface area contributed by atoms with Gasteiger partial charge in [-0.25, -0.2) is 0 Å². The first-order valence-corrected chi connectivity index (χ1v) is 10.8. The molecule has 0 aliphatic carbocycles. The Hall–Kier alpha value is -1.99. The van der Waals surface area contributed by atoms with Crippen molar-refractivity contribution in [2.75, 3.05) is 45.5 Å². The first-order valence-electron chi connectivity index (χ1n) is 10.3. The molecule has 1 fully saturated rings. The molecule has 0 bridgehead atoms. The number of hydrogen-bond donors (Lipinski definition) is 0. The summed E-state index contributed by atoms with van der Waals surface area (Å²) in [4.78, 5) is 46.4. The molecule has 0 aromatic heterocycles. The van der Waals surface area contributed by atoms with Crippen LogP contribution in [0.1, 0.15) is 27.7 Å². The third kappa shape index (κ3) is 11.6. The van der Waals surface area contributed by atoms with Gasteiger partial charge in [0.15, 0.2) is 24.6 Å². The van der Waals surface area contributed by atoms with Gasteiger partial charge in [0.05, 0.1) is 33.0 Å². The fourth-order valence-corrected chi connectivity index (χ4v) is 3.03. The standard InChI is InChI=1S/C20H31ClO12/c1-12(22)29-11-16-17(30-13(2)23)18(31-14(3)24)19(32-15(4)25)20(33-16)28-10-9-27-8-7-26-6-5-21/h16-20H,5-11H2,1-4H3/t16?,17-,18?,19?,20+/m0/s1. The van der Waals surface area contributed by atoms with Crippen molar-refractivity contribution in [3.8, 4) is 0 Å². The van der Waals surface area contributed by atoms with E-state index in [-0.39, 0.29) is 19.8 Å². The third-order valence-electron chi connectivity index (χ3n) is 4.05. The number of halogens is 1. The number of hydrogen-bond acceptors (Lipinski definition) is 12. The molecule has 190 valence electrons. The number of carbonyl (C=O) groups is 4. The van der Waals surface area contributed by atoms with E-state index in [1.165, 1.54) is 6.92 Å². The summed E-state index contributed by atoms with van der Waals surface area (Å²) < 4.78 is 42.9. The van der Waals surface area contributed by atoms with Gasteiger partial charge in [-0.1, -0.05) is 0 Å². The number of rotatable bonds is 14. The number of carbonyl (C=O) groups excluding carboxylic acids is 4. The fourth-order valence-electron chi connectivity index (χ4n) is 2.92. The van der Waals surface area contributed by atoms with E-state index in [2.05, 4.69) is 0 Å². The smallest absolute Gasteiger partial charge is 0.303 e. The lowest BCUT2D eigenvalue weighted by atomic mass is 9.98. The van der Waals surface area contributed by atoms with E-state index in [0.29, 0.717) is 25.7 Å². The van der Waals surface area contributed by atoms with Crippen LogP contribution in [0.3, 0.4) is 0 Å². The van der Waals surface area contributed by atoms with Crippen LogP contribution in [0.2, 0.25) is 0 Å². The van der Waals surface area contributed by atoms with Gasteiger partial charge < -0.3 is 37.9 Å². The largest absolute Gasteiger partial charge is 0.463 e. The van der Waals surface area contributed by atoms with Gasteiger partial charge in [0.1, 0.15) is 12.7 Å². The Kier molecular flexibility index (Phi) is 13.9. The monoisotopic (exact) mass is 498 g/mol. The minimum absolute atomic E-state index is 0.0171. The Balaban J connectivity index is 2.95. The summed E-state index contributed by atoms with van der Waals surface area (Å²) in [6.07, 6.45) is -6.08. The molecule has 0 spiro atoms. The Labute approximate surface area is 197 Å². The second kappa shape index (κ2) is 15.8. The maximum atomic E-state index is 11.8. The van der Waals surface area contributed by atoms with E-state index in [0.717, 1.165) is 20.8 Å². The van der Waals surface area contributed by atoms with Gasteiger partial charge in [-0.15, -0.1) is 11.6 Å². The molecule has 0 amide bonds. The third-order valence-corrected chi connectivity index (χ3v) is 4.21. The van der Waals surface area contributed by atoms with Crippen LogP contribution < -0.4 is 0 Å². The summed E-state index contributed by atoms with van der Waals surface area (Å²) in [6, 6.07) is 0. The van der Waals surface area contributed by atoms with E-state index in [4.69, 9.17) is 49.5 Å². The highest BCUT2D eigenvalue weighted by atomic mass is 35.5. The maximum absolute atomic E-state index is 11.8. The first-order chi connectivity index (χ1) is 15.6. The molecule has 33 heavy (non-hydrogen) atoms. The van der Waals surface area contributed by atoms with E-state index in [1.54, 1.807) is 0 Å². The van der Waals surface area contributed by atoms with E-state index in [9.17, 15) is 19.2 Å². The molecule has 13 heteroatoms. The van der Waals surface area contributed by atoms with Gasteiger partial charge in [-0.3, -0.25) is 19.2 Å². The molecule has 12 nitrogen and oxygen atoms in total. The summed E-state index contributed by atoms with van der Waals surface area (Å²) in [6.45, 7) is 5.53. The molecule has 3 unspecified atom stereocenters. The zero-order valence-electron chi connectivity index (χ0n) is 19.1. The van der Waals surface area contributed by atoms with Gasteiger partial charge in [0, 0.05) is 33.6 Å². The van der Waals surface area contributed by atoms with Crippen molar-refractivity contribution in [2.24, 2.45) is 0 Å². The first kappa shape index (κ1) is 29.0. The normalized spacial score (nSPS) is 24.6. The number of ether oxygens (including phenoxy) is 8. The van der Waals surface area contributed by atoms with Crippen molar-refractivity contribution in [3.05, 3.63) is 0 Å². The van der Waals surface area contributed by atoms with Crippen molar-refractivity contribution in [2.45, 2.75) is 58.4 Å². The zero-order chi connectivity index (χ0) is 24.8. The lowest BCUT2D eigenvalue weighted by molar-refractivity contribution is -0.309. The molecule has 1 aliphatic heterocycles. The zero-order valence-corrected chi connectivity index (χ0v) is 19.9. The summed E-state index contributed by atoms with van der Waals surface area (Å²) in [5.74, 6) is -2.36. The van der Waals surface area contributed by atoms with E-state index < -0.39 is 54.6 Å². The van der Waals surface area contributed by atoms with E-state index >= 15 is 0 Å². The van der Waals surface area contributed by atoms with Crippen molar-refractivity contribution >= 4 is 35.5 Å². The molecule has 5 atom stereocenters. The van der Waals surface area contributed by atoms with Crippen molar-refractivity contribution in [1.82, 2.24) is 0 Å². The molecule has 1 aliphatic rings. The highest BCUT2D eigenvalue weighted by Crippen LogP contribution is 2.29. The Morgan fingerprint density at radius 3 is 1.76 bits per heavy atom. The highest BCUT2D eigenvalue weighted by Gasteiger charge is 2.52. The quantitative estimate of drug-likeness (QED) is 0.141. The van der Waals surface area contributed by atoms with Gasteiger partial charge in [-0.2, -0.15) is 0 Å². The molecule has 0 N–H and O–H groups in total. The van der Waals surface area contributed by atoms with Crippen LogP contribution in [-0.4, -0.2) is 100 Å². The SMILES string of the molecule is CC(=O)OCC1O[C@@H](OCCOCCOCCCl)C(OC(C)=O)C(OC(C)=O)[C@H]1OC(C)=O. The molecule has 0 saturated carbocycles. The molecule has 1 saturated heterocycles. The second-order valence-corrected chi connectivity index (χ2v) is 7.23.